The number of hydrogen-bond donors (Lipinski definition) is 2. The summed E-state index contributed by atoms with van der Waals surface area (Å²) in [5.74, 6) is -2.33. The van der Waals surface area contributed by atoms with E-state index in [1.165, 1.54) is 18.2 Å². The summed E-state index contributed by atoms with van der Waals surface area (Å²) in [7, 11) is -4.02. The van der Waals surface area contributed by atoms with Crippen LogP contribution in [-0.2, 0) is 10.0 Å². The lowest BCUT2D eigenvalue weighted by molar-refractivity contribution is 0.471. The lowest BCUT2D eigenvalue weighted by atomic mass is 10.2. The summed E-state index contributed by atoms with van der Waals surface area (Å²) in [5.41, 5.74) is 0.695. The van der Waals surface area contributed by atoms with E-state index in [9.17, 15) is 22.3 Å². The Morgan fingerprint density at radius 1 is 1.05 bits per heavy atom. The van der Waals surface area contributed by atoms with Gasteiger partial charge in [0.05, 0.1) is 4.90 Å². The van der Waals surface area contributed by atoms with E-state index < -0.39 is 21.7 Å². The molecule has 0 saturated carbocycles. The van der Waals surface area contributed by atoms with Crippen LogP contribution in [0.15, 0.2) is 41.3 Å². The first kappa shape index (κ1) is 14.3. The third-order valence-corrected chi connectivity index (χ3v) is 4.03. The van der Waals surface area contributed by atoms with E-state index in [1.807, 2.05) is 0 Å². The molecule has 0 amide bonds. The van der Waals surface area contributed by atoms with Crippen LogP contribution in [0.2, 0.25) is 0 Å². The Labute approximate surface area is 114 Å². The van der Waals surface area contributed by atoms with Crippen molar-refractivity contribution < 1.29 is 22.3 Å². The fraction of sp³-hybridized carbons (Fsp3) is 0.0769. The van der Waals surface area contributed by atoms with E-state index in [-0.39, 0.29) is 16.3 Å². The van der Waals surface area contributed by atoms with E-state index in [0.717, 1.165) is 12.1 Å². The van der Waals surface area contributed by atoms with Crippen LogP contribution >= 0.6 is 0 Å². The van der Waals surface area contributed by atoms with Gasteiger partial charge in [0.25, 0.3) is 10.0 Å². The molecular formula is C13H11F2NO3S. The molecule has 0 saturated heterocycles. The lowest BCUT2D eigenvalue weighted by Crippen LogP contribution is -2.13. The van der Waals surface area contributed by atoms with E-state index in [4.69, 9.17) is 0 Å². The van der Waals surface area contributed by atoms with Crippen molar-refractivity contribution >= 4 is 15.7 Å². The van der Waals surface area contributed by atoms with Crippen LogP contribution in [0.4, 0.5) is 14.5 Å². The Morgan fingerprint density at radius 3 is 2.35 bits per heavy atom. The number of phenolic OH excluding ortho intramolecular Hbond substituents is 1. The average Bonchev–Trinajstić information content (AvgIpc) is 2.37. The minimum Gasteiger partial charge on any atom is -0.508 e. The lowest BCUT2D eigenvalue weighted by Gasteiger charge is -2.09. The van der Waals surface area contributed by atoms with Crippen molar-refractivity contribution in [3.63, 3.8) is 0 Å². The van der Waals surface area contributed by atoms with Crippen molar-refractivity contribution in [3.8, 4) is 5.75 Å². The monoisotopic (exact) mass is 299 g/mol. The Morgan fingerprint density at radius 2 is 1.75 bits per heavy atom. The molecule has 2 N–H and O–H groups in total. The molecule has 0 aromatic heterocycles. The van der Waals surface area contributed by atoms with E-state index in [0.29, 0.717) is 11.6 Å². The Balaban J connectivity index is 2.35. The molecule has 0 aliphatic heterocycles. The van der Waals surface area contributed by atoms with E-state index >= 15 is 0 Å². The van der Waals surface area contributed by atoms with Crippen LogP contribution in [0.25, 0.3) is 0 Å². The van der Waals surface area contributed by atoms with Gasteiger partial charge >= 0.3 is 0 Å². The van der Waals surface area contributed by atoms with Gasteiger partial charge in [-0.25, -0.2) is 17.2 Å². The van der Waals surface area contributed by atoms with Crippen LogP contribution < -0.4 is 4.72 Å². The van der Waals surface area contributed by atoms with E-state index in [1.54, 1.807) is 6.92 Å². The maximum Gasteiger partial charge on any atom is 0.261 e. The zero-order chi connectivity index (χ0) is 14.9. The molecule has 20 heavy (non-hydrogen) atoms. The molecule has 4 nitrogen and oxygen atoms in total. The number of halogens is 2. The highest BCUT2D eigenvalue weighted by Crippen LogP contribution is 2.23. The summed E-state index contributed by atoms with van der Waals surface area (Å²) in [5, 5.41) is 9.36. The molecule has 0 fully saturated rings. The van der Waals surface area contributed by atoms with Gasteiger partial charge in [0.2, 0.25) is 0 Å². The second-order valence-corrected chi connectivity index (χ2v) is 5.87. The first-order chi connectivity index (χ1) is 9.29. The second kappa shape index (κ2) is 5.09. The van der Waals surface area contributed by atoms with Crippen molar-refractivity contribution in [1.82, 2.24) is 0 Å². The maximum atomic E-state index is 13.1. The van der Waals surface area contributed by atoms with Crippen LogP contribution in [0.1, 0.15) is 5.56 Å². The molecule has 2 aromatic carbocycles. The highest BCUT2D eigenvalue weighted by atomic mass is 32.2. The number of rotatable bonds is 3. The predicted octanol–water partition coefficient (Wildman–Crippen LogP) is 2.78. The maximum absolute atomic E-state index is 13.1. The van der Waals surface area contributed by atoms with Crippen molar-refractivity contribution in [2.45, 2.75) is 11.8 Å². The van der Waals surface area contributed by atoms with E-state index in [2.05, 4.69) is 4.72 Å². The van der Waals surface area contributed by atoms with Crippen molar-refractivity contribution in [2.24, 2.45) is 0 Å². The Hall–Kier alpha value is -2.15. The van der Waals surface area contributed by atoms with Gasteiger partial charge in [-0.05, 0) is 48.9 Å². The zero-order valence-corrected chi connectivity index (χ0v) is 11.2. The molecule has 0 heterocycles. The van der Waals surface area contributed by atoms with Crippen LogP contribution in [0, 0.1) is 18.6 Å². The molecule has 0 spiro atoms. The number of anilines is 1. The first-order valence-corrected chi connectivity index (χ1v) is 7.05. The molecule has 0 bridgehead atoms. The normalized spacial score (nSPS) is 11.3. The van der Waals surface area contributed by atoms with Crippen molar-refractivity contribution in [3.05, 3.63) is 53.6 Å². The Kier molecular flexibility index (Phi) is 3.63. The molecule has 7 heteroatoms. The van der Waals surface area contributed by atoms with Gasteiger partial charge in [-0.15, -0.1) is 0 Å². The topological polar surface area (TPSA) is 66.4 Å². The molecule has 0 atom stereocenters. The van der Waals surface area contributed by atoms with Gasteiger partial charge in [0, 0.05) is 5.69 Å². The Bertz CT molecular complexity index is 760. The average molecular weight is 299 g/mol. The molecule has 0 radical (unpaired) electrons. The highest BCUT2D eigenvalue weighted by molar-refractivity contribution is 7.92. The standard InChI is InChI=1S/C13H11F2NO3S/c1-8-6-9(2-5-13(8)17)16-20(18,19)10-3-4-11(14)12(15)7-10/h2-7,16-17H,1H3. The third-order valence-electron chi connectivity index (χ3n) is 2.65. The smallest absolute Gasteiger partial charge is 0.261 e. The quantitative estimate of drug-likeness (QED) is 0.856. The number of benzene rings is 2. The molecule has 106 valence electrons. The predicted molar refractivity (Wildman–Crippen MR) is 70.0 cm³/mol. The fourth-order valence-electron chi connectivity index (χ4n) is 1.58. The van der Waals surface area contributed by atoms with Crippen LogP contribution in [0.3, 0.4) is 0 Å². The van der Waals surface area contributed by atoms with Gasteiger partial charge in [0.1, 0.15) is 5.75 Å². The van der Waals surface area contributed by atoms with Crippen molar-refractivity contribution in [2.75, 3.05) is 4.72 Å². The largest absolute Gasteiger partial charge is 0.508 e. The number of aryl methyl sites for hydroxylation is 1. The molecule has 0 aliphatic rings. The summed E-state index contributed by atoms with van der Waals surface area (Å²) in [4.78, 5) is -0.387. The number of aromatic hydroxyl groups is 1. The summed E-state index contributed by atoms with van der Waals surface area (Å²) in [6.07, 6.45) is 0. The summed E-state index contributed by atoms with van der Waals surface area (Å²) in [6.45, 7) is 1.60. The van der Waals surface area contributed by atoms with Gasteiger partial charge in [-0.2, -0.15) is 0 Å². The summed E-state index contributed by atoms with van der Waals surface area (Å²) in [6, 6.07) is 6.43. The van der Waals surface area contributed by atoms with Gasteiger partial charge in [0.15, 0.2) is 11.6 Å². The molecular weight excluding hydrogens is 288 g/mol. The molecule has 2 aromatic rings. The second-order valence-electron chi connectivity index (χ2n) is 4.18. The van der Waals surface area contributed by atoms with Crippen molar-refractivity contribution in [1.29, 1.82) is 0 Å². The van der Waals surface area contributed by atoms with Gasteiger partial charge in [-0.3, -0.25) is 4.72 Å². The fourth-order valence-corrected chi connectivity index (χ4v) is 2.64. The summed E-state index contributed by atoms with van der Waals surface area (Å²) >= 11 is 0. The molecule has 0 unspecified atom stereocenters. The molecule has 2 rings (SSSR count). The minimum absolute atomic E-state index is 0.0285. The zero-order valence-electron chi connectivity index (χ0n) is 10.4. The van der Waals surface area contributed by atoms with Gasteiger partial charge in [-0.1, -0.05) is 0 Å². The minimum atomic E-state index is -4.02. The number of sulfonamides is 1. The number of phenols is 1. The number of hydrogen-bond acceptors (Lipinski definition) is 3. The molecule has 0 aliphatic carbocycles. The number of nitrogens with one attached hydrogen (secondary N) is 1. The summed E-state index contributed by atoms with van der Waals surface area (Å²) < 4.78 is 52.1. The first-order valence-electron chi connectivity index (χ1n) is 5.57. The van der Waals surface area contributed by atoms with Crippen LogP contribution in [0.5, 0.6) is 5.75 Å². The highest BCUT2D eigenvalue weighted by Gasteiger charge is 2.17. The SMILES string of the molecule is Cc1cc(NS(=O)(=O)c2ccc(F)c(F)c2)ccc1O. The van der Waals surface area contributed by atoms with Crippen LogP contribution in [-0.4, -0.2) is 13.5 Å². The van der Waals surface area contributed by atoms with Gasteiger partial charge < -0.3 is 5.11 Å². The third kappa shape index (κ3) is 2.88.